The number of hydrogen-bond acceptors (Lipinski definition) is 2. The van der Waals surface area contributed by atoms with Gasteiger partial charge in [0.2, 0.25) is 0 Å². The summed E-state index contributed by atoms with van der Waals surface area (Å²) in [5.41, 5.74) is 4.63. The summed E-state index contributed by atoms with van der Waals surface area (Å²) in [7, 11) is 0. The Morgan fingerprint density at radius 3 is 2.60 bits per heavy atom. The second-order valence-corrected chi connectivity index (χ2v) is 4.09. The van der Waals surface area contributed by atoms with Crippen LogP contribution in [0.25, 0.3) is 0 Å². The molecule has 2 heteroatoms. The highest BCUT2D eigenvalue weighted by Gasteiger charge is 2.07. The van der Waals surface area contributed by atoms with Gasteiger partial charge < -0.3 is 5.11 Å². The van der Waals surface area contributed by atoms with Crippen LogP contribution in [0, 0.1) is 13.8 Å². The highest BCUT2D eigenvalue weighted by atomic mass is 16.3. The highest BCUT2D eigenvalue weighted by molar-refractivity contribution is 5.34. The number of unbranched alkanes of at least 4 members (excludes halogenated alkanes) is 2. The van der Waals surface area contributed by atoms with Gasteiger partial charge in [-0.05, 0) is 43.4 Å². The number of aliphatic hydroxyl groups excluding tert-OH is 1. The lowest BCUT2D eigenvalue weighted by Crippen LogP contribution is -2.01. The number of aryl methyl sites for hydroxylation is 1. The summed E-state index contributed by atoms with van der Waals surface area (Å²) in [4.78, 5) is 4.33. The molecule has 84 valence electrons. The van der Waals surface area contributed by atoms with E-state index in [-0.39, 0.29) is 6.61 Å². The van der Waals surface area contributed by atoms with E-state index in [1.165, 1.54) is 30.4 Å². The molecule has 0 saturated carbocycles. The van der Waals surface area contributed by atoms with Gasteiger partial charge in [-0.15, -0.1) is 0 Å². The van der Waals surface area contributed by atoms with E-state index in [0.29, 0.717) is 0 Å². The standard InChI is InChI=1S/C13H21NO/c1-4-5-6-7-13-10(2)12(9-15)8-14-11(13)3/h8,15H,4-7,9H2,1-3H3. The largest absolute Gasteiger partial charge is 0.392 e. The lowest BCUT2D eigenvalue weighted by atomic mass is 9.98. The molecule has 1 heterocycles. The van der Waals surface area contributed by atoms with Crippen LogP contribution in [-0.4, -0.2) is 10.1 Å². The molecular weight excluding hydrogens is 186 g/mol. The van der Waals surface area contributed by atoms with E-state index < -0.39 is 0 Å². The summed E-state index contributed by atoms with van der Waals surface area (Å²) in [6.07, 6.45) is 6.60. The maximum Gasteiger partial charge on any atom is 0.0699 e. The van der Waals surface area contributed by atoms with Crippen LogP contribution in [0.5, 0.6) is 0 Å². The third kappa shape index (κ3) is 3.03. The molecular formula is C13H21NO. The first kappa shape index (κ1) is 12.2. The van der Waals surface area contributed by atoms with Crippen molar-refractivity contribution < 1.29 is 5.11 Å². The average Bonchev–Trinajstić information content (AvgIpc) is 2.23. The van der Waals surface area contributed by atoms with E-state index in [9.17, 15) is 0 Å². The van der Waals surface area contributed by atoms with Crippen molar-refractivity contribution in [2.75, 3.05) is 0 Å². The van der Waals surface area contributed by atoms with E-state index in [1.807, 2.05) is 0 Å². The Labute approximate surface area is 92.4 Å². The van der Waals surface area contributed by atoms with Crippen molar-refractivity contribution >= 4 is 0 Å². The third-order valence-electron chi connectivity index (χ3n) is 2.99. The first-order valence-electron chi connectivity index (χ1n) is 5.75. The van der Waals surface area contributed by atoms with Crippen molar-refractivity contribution in [1.29, 1.82) is 0 Å². The number of aliphatic hydroxyl groups is 1. The highest BCUT2D eigenvalue weighted by Crippen LogP contribution is 2.18. The van der Waals surface area contributed by atoms with Crippen LogP contribution in [0.2, 0.25) is 0 Å². The van der Waals surface area contributed by atoms with Crippen LogP contribution in [0.3, 0.4) is 0 Å². The molecule has 0 spiro atoms. The Balaban J connectivity index is 2.84. The maximum atomic E-state index is 9.17. The van der Waals surface area contributed by atoms with Crippen molar-refractivity contribution in [3.05, 3.63) is 28.6 Å². The Hall–Kier alpha value is -0.890. The van der Waals surface area contributed by atoms with Gasteiger partial charge in [0.1, 0.15) is 0 Å². The minimum Gasteiger partial charge on any atom is -0.392 e. The van der Waals surface area contributed by atoms with Crippen LogP contribution in [0.4, 0.5) is 0 Å². The van der Waals surface area contributed by atoms with Crippen molar-refractivity contribution in [2.45, 2.75) is 53.1 Å². The quantitative estimate of drug-likeness (QED) is 0.753. The van der Waals surface area contributed by atoms with Gasteiger partial charge in [0, 0.05) is 11.9 Å². The van der Waals surface area contributed by atoms with Gasteiger partial charge in [-0.1, -0.05) is 19.8 Å². The molecule has 0 saturated heterocycles. The summed E-state index contributed by atoms with van der Waals surface area (Å²) < 4.78 is 0. The van der Waals surface area contributed by atoms with Gasteiger partial charge in [0.15, 0.2) is 0 Å². The zero-order valence-corrected chi connectivity index (χ0v) is 10.0. The van der Waals surface area contributed by atoms with Gasteiger partial charge in [0.05, 0.1) is 6.61 Å². The molecule has 0 atom stereocenters. The van der Waals surface area contributed by atoms with E-state index in [1.54, 1.807) is 6.20 Å². The lowest BCUT2D eigenvalue weighted by Gasteiger charge is -2.11. The molecule has 0 radical (unpaired) electrons. The molecule has 0 fully saturated rings. The minimum absolute atomic E-state index is 0.0971. The van der Waals surface area contributed by atoms with E-state index in [0.717, 1.165) is 17.7 Å². The van der Waals surface area contributed by atoms with E-state index in [4.69, 9.17) is 5.11 Å². The number of nitrogens with zero attached hydrogens (tertiary/aromatic N) is 1. The number of aromatic nitrogens is 1. The zero-order chi connectivity index (χ0) is 11.3. The Bertz CT molecular complexity index is 321. The van der Waals surface area contributed by atoms with Crippen LogP contribution >= 0.6 is 0 Å². The second-order valence-electron chi connectivity index (χ2n) is 4.09. The minimum atomic E-state index is 0.0971. The van der Waals surface area contributed by atoms with Crippen molar-refractivity contribution in [3.8, 4) is 0 Å². The van der Waals surface area contributed by atoms with Gasteiger partial charge in [-0.2, -0.15) is 0 Å². The third-order valence-corrected chi connectivity index (χ3v) is 2.99. The summed E-state index contributed by atoms with van der Waals surface area (Å²) in [6, 6.07) is 0. The monoisotopic (exact) mass is 207 g/mol. The lowest BCUT2D eigenvalue weighted by molar-refractivity contribution is 0.280. The molecule has 2 nitrogen and oxygen atoms in total. The molecule has 0 aliphatic rings. The van der Waals surface area contributed by atoms with Crippen LogP contribution in [0.1, 0.15) is 48.6 Å². The molecule has 0 amide bonds. The topological polar surface area (TPSA) is 33.1 Å². The first-order chi connectivity index (χ1) is 7.20. The Morgan fingerprint density at radius 1 is 1.27 bits per heavy atom. The molecule has 1 aromatic heterocycles. The van der Waals surface area contributed by atoms with Crippen molar-refractivity contribution in [3.63, 3.8) is 0 Å². The van der Waals surface area contributed by atoms with Crippen molar-refractivity contribution in [1.82, 2.24) is 4.98 Å². The molecule has 1 rings (SSSR count). The zero-order valence-electron chi connectivity index (χ0n) is 10.0. The van der Waals surface area contributed by atoms with Crippen LogP contribution < -0.4 is 0 Å². The molecule has 0 aliphatic carbocycles. The Kier molecular flexibility index (Phi) is 4.76. The van der Waals surface area contributed by atoms with Crippen LogP contribution in [0.15, 0.2) is 6.20 Å². The normalized spacial score (nSPS) is 10.7. The fraction of sp³-hybridized carbons (Fsp3) is 0.615. The molecule has 0 bridgehead atoms. The van der Waals surface area contributed by atoms with Crippen LogP contribution in [-0.2, 0) is 13.0 Å². The fourth-order valence-corrected chi connectivity index (χ4v) is 1.89. The van der Waals surface area contributed by atoms with Gasteiger partial charge in [-0.3, -0.25) is 4.98 Å². The van der Waals surface area contributed by atoms with Gasteiger partial charge >= 0.3 is 0 Å². The first-order valence-corrected chi connectivity index (χ1v) is 5.75. The van der Waals surface area contributed by atoms with E-state index >= 15 is 0 Å². The van der Waals surface area contributed by atoms with Gasteiger partial charge in [0.25, 0.3) is 0 Å². The molecule has 1 N–H and O–H groups in total. The number of rotatable bonds is 5. The molecule has 0 aliphatic heterocycles. The Morgan fingerprint density at radius 2 is 2.00 bits per heavy atom. The fourth-order valence-electron chi connectivity index (χ4n) is 1.89. The second kappa shape index (κ2) is 5.86. The number of pyridine rings is 1. The summed E-state index contributed by atoms with van der Waals surface area (Å²) in [5, 5.41) is 9.17. The predicted octanol–water partition coefficient (Wildman–Crippen LogP) is 2.92. The summed E-state index contributed by atoms with van der Waals surface area (Å²) >= 11 is 0. The van der Waals surface area contributed by atoms with E-state index in [2.05, 4.69) is 25.8 Å². The molecule has 0 aromatic carbocycles. The van der Waals surface area contributed by atoms with Gasteiger partial charge in [-0.25, -0.2) is 0 Å². The molecule has 15 heavy (non-hydrogen) atoms. The number of hydrogen-bond donors (Lipinski definition) is 1. The SMILES string of the molecule is CCCCCc1c(C)ncc(CO)c1C. The maximum absolute atomic E-state index is 9.17. The average molecular weight is 207 g/mol. The molecule has 1 aromatic rings. The predicted molar refractivity (Wildman–Crippen MR) is 62.9 cm³/mol. The smallest absolute Gasteiger partial charge is 0.0699 e. The molecule has 0 unspecified atom stereocenters. The summed E-state index contributed by atoms with van der Waals surface area (Å²) in [5.74, 6) is 0. The van der Waals surface area contributed by atoms with Crippen molar-refractivity contribution in [2.24, 2.45) is 0 Å². The summed E-state index contributed by atoms with van der Waals surface area (Å²) in [6.45, 7) is 6.44.